The fraction of sp³-hybridized carbons (Fsp3) is 0.364. The molecule has 0 aliphatic rings. The molecule has 0 aromatic heterocycles. The highest BCUT2D eigenvalue weighted by molar-refractivity contribution is 14.1. The second kappa shape index (κ2) is 5.85. The summed E-state index contributed by atoms with van der Waals surface area (Å²) in [7, 11) is 0. The van der Waals surface area contributed by atoms with E-state index in [9.17, 15) is 22.4 Å². The number of carbonyl (C=O) groups excluding carboxylic acids is 1. The summed E-state index contributed by atoms with van der Waals surface area (Å²) < 4.78 is 54.0. The molecule has 0 spiro atoms. The van der Waals surface area contributed by atoms with Gasteiger partial charge in [-0.2, -0.15) is 13.2 Å². The van der Waals surface area contributed by atoms with Gasteiger partial charge >= 0.3 is 12.1 Å². The van der Waals surface area contributed by atoms with Gasteiger partial charge in [-0.1, -0.05) is 22.6 Å². The molecule has 1 aromatic carbocycles. The molecular formula is C11H9F4IO2. The van der Waals surface area contributed by atoms with E-state index in [1.54, 1.807) is 22.6 Å². The molecule has 0 radical (unpaired) electrons. The lowest BCUT2D eigenvalue weighted by Crippen LogP contribution is -2.28. The van der Waals surface area contributed by atoms with E-state index >= 15 is 0 Å². The summed E-state index contributed by atoms with van der Waals surface area (Å²) in [6.45, 7) is 1.49. The number of esters is 1. The van der Waals surface area contributed by atoms with Crippen LogP contribution in [0.3, 0.4) is 0 Å². The Morgan fingerprint density at radius 1 is 1.28 bits per heavy atom. The van der Waals surface area contributed by atoms with Crippen molar-refractivity contribution in [3.05, 3.63) is 29.8 Å². The predicted octanol–water partition coefficient (Wildman–Crippen LogP) is 3.77. The van der Waals surface area contributed by atoms with Gasteiger partial charge in [-0.25, -0.2) is 9.18 Å². The van der Waals surface area contributed by atoms with Crippen molar-refractivity contribution in [3.63, 3.8) is 0 Å². The maximum absolute atomic E-state index is 13.2. The van der Waals surface area contributed by atoms with Crippen molar-refractivity contribution in [2.45, 2.75) is 23.2 Å². The molecule has 1 aromatic rings. The Balaban J connectivity index is 2.73. The fourth-order valence-electron chi connectivity index (χ4n) is 1.07. The molecule has 2 nitrogen and oxygen atoms in total. The average Bonchev–Trinajstić information content (AvgIpc) is 2.27. The van der Waals surface area contributed by atoms with Gasteiger partial charge in [0, 0.05) is 0 Å². The SMILES string of the molecule is CC(I)C(F)C(=O)Oc1ccc(C(F)(F)F)cc1. The predicted molar refractivity (Wildman–Crippen MR) is 65.5 cm³/mol. The van der Waals surface area contributed by atoms with Crippen LogP contribution in [0.1, 0.15) is 12.5 Å². The molecule has 0 heterocycles. The highest BCUT2D eigenvalue weighted by Crippen LogP contribution is 2.30. The molecule has 0 fully saturated rings. The Morgan fingerprint density at radius 2 is 1.78 bits per heavy atom. The van der Waals surface area contributed by atoms with Crippen LogP contribution in [0.4, 0.5) is 17.6 Å². The third-order valence-corrected chi connectivity index (χ3v) is 2.66. The Labute approximate surface area is 114 Å². The second-order valence-corrected chi connectivity index (χ2v) is 5.49. The highest BCUT2D eigenvalue weighted by Gasteiger charge is 2.30. The van der Waals surface area contributed by atoms with Crippen molar-refractivity contribution in [2.75, 3.05) is 0 Å². The zero-order chi connectivity index (χ0) is 13.9. The normalized spacial score (nSPS) is 15.0. The maximum atomic E-state index is 13.2. The number of hydrogen-bond donors (Lipinski definition) is 0. The van der Waals surface area contributed by atoms with Gasteiger partial charge in [-0.3, -0.25) is 0 Å². The topological polar surface area (TPSA) is 26.3 Å². The number of ether oxygens (including phenoxy) is 1. The first-order chi connectivity index (χ1) is 8.21. The van der Waals surface area contributed by atoms with Crippen molar-refractivity contribution in [1.82, 2.24) is 0 Å². The van der Waals surface area contributed by atoms with Gasteiger partial charge in [-0.15, -0.1) is 0 Å². The van der Waals surface area contributed by atoms with E-state index < -0.39 is 27.8 Å². The molecule has 0 saturated carbocycles. The summed E-state index contributed by atoms with van der Waals surface area (Å²) >= 11 is 1.72. The van der Waals surface area contributed by atoms with Gasteiger partial charge in [0.15, 0.2) is 0 Å². The van der Waals surface area contributed by atoms with Crippen LogP contribution in [0, 0.1) is 0 Å². The molecule has 18 heavy (non-hydrogen) atoms. The standard InChI is InChI=1S/C11H9F4IO2/c1-6(16)9(12)10(17)18-8-4-2-7(3-5-8)11(13,14)15/h2-6,9H,1H3. The summed E-state index contributed by atoms with van der Waals surface area (Å²) in [4.78, 5) is 11.2. The number of carbonyl (C=O) groups is 1. The van der Waals surface area contributed by atoms with E-state index in [0.717, 1.165) is 24.3 Å². The quantitative estimate of drug-likeness (QED) is 0.264. The fourth-order valence-corrected chi connectivity index (χ4v) is 1.37. The van der Waals surface area contributed by atoms with Crippen molar-refractivity contribution < 1.29 is 27.1 Å². The molecule has 2 unspecified atom stereocenters. The van der Waals surface area contributed by atoms with Crippen molar-refractivity contribution >= 4 is 28.6 Å². The summed E-state index contributed by atoms with van der Waals surface area (Å²) in [5.41, 5.74) is -0.860. The molecule has 100 valence electrons. The molecule has 0 saturated heterocycles. The lowest BCUT2D eigenvalue weighted by molar-refractivity contribution is -0.139. The van der Waals surface area contributed by atoms with Crippen LogP contribution in [0.25, 0.3) is 0 Å². The smallest absolute Gasteiger partial charge is 0.416 e. The lowest BCUT2D eigenvalue weighted by Gasteiger charge is -2.11. The van der Waals surface area contributed by atoms with Gasteiger partial charge < -0.3 is 4.74 Å². The maximum Gasteiger partial charge on any atom is 0.416 e. The third kappa shape index (κ3) is 4.11. The Hall–Kier alpha value is -0.860. The van der Waals surface area contributed by atoms with Gasteiger partial charge in [0.1, 0.15) is 5.75 Å². The van der Waals surface area contributed by atoms with Crippen molar-refractivity contribution in [1.29, 1.82) is 0 Å². The first-order valence-corrected chi connectivity index (χ1v) is 6.13. The van der Waals surface area contributed by atoms with Crippen LogP contribution in [0.2, 0.25) is 0 Å². The average molecular weight is 376 g/mol. The van der Waals surface area contributed by atoms with Crippen LogP contribution >= 0.6 is 22.6 Å². The van der Waals surface area contributed by atoms with E-state index in [0.29, 0.717) is 0 Å². The molecule has 0 amide bonds. The van der Waals surface area contributed by atoms with Crippen LogP contribution in [-0.4, -0.2) is 16.1 Å². The summed E-state index contributed by atoms with van der Waals surface area (Å²) in [5, 5.41) is 0. The van der Waals surface area contributed by atoms with Crippen molar-refractivity contribution in [3.8, 4) is 5.75 Å². The molecule has 0 bridgehead atoms. The van der Waals surface area contributed by atoms with Gasteiger partial charge in [0.2, 0.25) is 6.17 Å². The number of halogens is 5. The van der Waals surface area contributed by atoms with Crippen LogP contribution in [0.15, 0.2) is 24.3 Å². The van der Waals surface area contributed by atoms with Crippen molar-refractivity contribution in [2.24, 2.45) is 0 Å². The zero-order valence-corrected chi connectivity index (χ0v) is 11.3. The van der Waals surface area contributed by atoms with E-state index in [4.69, 9.17) is 0 Å². The second-order valence-electron chi connectivity index (χ2n) is 3.52. The minimum absolute atomic E-state index is 0.118. The molecule has 7 heteroatoms. The van der Waals surface area contributed by atoms with Crippen LogP contribution in [-0.2, 0) is 11.0 Å². The number of benzene rings is 1. The molecule has 0 N–H and O–H groups in total. The van der Waals surface area contributed by atoms with Gasteiger partial charge in [0.25, 0.3) is 0 Å². The van der Waals surface area contributed by atoms with Gasteiger partial charge in [0.05, 0.1) is 9.49 Å². The van der Waals surface area contributed by atoms with E-state index in [2.05, 4.69) is 4.74 Å². The first kappa shape index (κ1) is 15.2. The van der Waals surface area contributed by atoms with Gasteiger partial charge in [-0.05, 0) is 31.2 Å². The zero-order valence-electron chi connectivity index (χ0n) is 9.17. The molecular weight excluding hydrogens is 367 g/mol. The van der Waals surface area contributed by atoms with Crippen LogP contribution in [0.5, 0.6) is 5.75 Å². The minimum atomic E-state index is -4.46. The summed E-state index contributed by atoms with van der Waals surface area (Å²) in [6.07, 6.45) is -6.27. The minimum Gasteiger partial charge on any atom is -0.424 e. The Morgan fingerprint density at radius 3 is 2.17 bits per heavy atom. The monoisotopic (exact) mass is 376 g/mol. The highest BCUT2D eigenvalue weighted by atomic mass is 127. The number of rotatable bonds is 3. The number of hydrogen-bond acceptors (Lipinski definition) is 2. The Kier molecular flexibility index (Phi) is 4.94. The molecule has 2 atom stereocenters. The van der Waals surface area contributed by atoms with E-state index in [-0.39, 0.29) is 5.75 Å². The number of alkyl halides is 5. The largest absolute Gasteiger partial charge is 0.424 e. The third-order valence-electron chi connectivity index (χ3n) is 2.03. The molecule has 0 aliphatic carbocycles. The van der Waals surface area contributed by atoms with E-state index in [1.807, 2.05) is 0 Å². The summed E-state index contributed by atoms with van der Waals surface area (Å²) in [6, 6.07) is 3.49. The first-order valence-electron chi connectivity index (χ1n) is 4.89. The Bertz CT molecular complexity index is 414. The molecule has 1 rings (SSSR count). The van der Waals surface area contributed by atoms with Crippen LogP contribution < -0.4 is 4.74 Å². The molecule has 0 aliphatic heterocycles. The summed E-state index contributed by atoms with van der Waals surface area (Å²) in [5.74, 6) is -1.23. The lowest BCUT2D eigenvalue weighted by atomic mass is 10.2. The van der Waals surface area contributed by atoms with E-state index in [1.165, 1.54) is 6.92 Å².